The Labute approximate surface area is 191 Å². The summed E-state index contributed by atoms with van der Waals surface area (Å²) in [5.41, 5.74) is 1.46. The number of ether oxygens (including phenoxy) is 3. The van der Waals surface area contributed by atoms with Gasteiger partial charge in [-0.25, -0.2) is 4.79 Å². The second-order valence-electron chi connectivity index (χ2n) is 7.40. The van der Waals surface area contributed by atoms with E-state index in [2.05, 4.69) is 15.9 Å². The molecule has 0 saturated heterocycles. The summed E-state index contributed by atoms with van der Waals surface area (Å²) >= 11 is 3.37. The quantitative estimate of drug-likeness (QED) is 0.337. The fourth-order valence-electron chi connectivity index (χ4n) is 3.84. The van der Waals surface area contributed by atoms with Gasteiger partial charge in [0.1, 0.15) is 17.3 Å². The Kier molecular flexibility index (Phi) is 4.98. The summed E-state index contributed by atoms with van der Waals surface area (Å²) in [5.74, 6) is 1.90. The van der Waals surface area contributed by atoms with Gasteiger partial charge in [0.25, 0.3) is 0 Å². The van der Waals surface area contributed by atoms with Crippen LogP contribution in [0.15, 0.2) is 68.3 Å². The maximum Gasteiger partial charge on any atom is 0.343 e. The highest BCUT2D eigenvalue weighted by Crippen LogP contribution is 2.38. The summed E-state index contributed by atoms with van der Waals surface area (Å²) in [4.78, 5) is 26.1. The van der Waals surface area contributed by atoms with Gasteiger partial charge in [0, 0.05) is 4.47 Å². The van der Waals surface area contributed by atoms with Gasteiger partial charge < -0.3 is 18.6 Å². The molecule has 32 heavy (non-hydrogen) atoms. The summed E-state index contributed by atoms with van der Waals surface area (Å²) in [6.45, 7) is 3.61. The number of furan rings is 1. The van der Waals surface area contributed by atoms with Gasteiger partial charge in [-0.1, -0.05) is 28.1 Å². The molecule has 2 heterocycles. The molecule has 0 amide bonds. The van der Waals surface area contributed by atoms with Crippen molar-refractivity contribution in [2.24, 2.45) is 0 Å². The Bertz CT molecular complexity index is 1450. The topological polar surface area (TPSA) is 75.0 Å². The molecule has 1 aromatic heterocycles. The molecular formula is C25H17BrO6. The Hall–Kier alpha value is -3.58. The van der Waals surface area contributed by atoms with Crippen molar-refractivity contribution < 1.29 is 23.4 Å². The summed E-state index contributed by atoms with van der Waals surface area (Å²) in [6, 6.07) is 15.5. The first-order valence-electron chi connectivity index (χ1n) is 9.86. The average molecular weight is 493 g/mol. The number of carbonyl (C=O) groups is 1. The van der Waals surface area contributed by atoms with Crippen LogP contribution in [0.5, 0.6) is 17.2 Å². The number of rotatable bonds is 3. The fourth-order valence-corrected chi connectivity index (χ4v) is 4.24. The SMILES string of the molecule is Cc1oc(C)c2c(=O)cc(-c3ccc4c(c3)OCO4)cc(OC(=O)c3cccc(Br)c3)c12. The van der Waals surface area contributed by atoms with E-state index in [9.17, 15) is 9.59 Å². The van der Waals surface area contributed by atoms with E-state index in [1.165, 1.54) is 6.07 Å². The molecule has 0 spiro atoms. The molecule has 0 bridgehead atoms. The zero-order chi connectivity index (χ0) is 22.4. The summed E-state index contributed by atoms with van der Waals surface area (Å²) in [6.07, 6.45) is 0. The van der Waals surface area contributed by atoms with Crippen LogP contribution in [0, 0.1) is 13.8 Å². The molecule has 4 aromatic rings. The molecule has 1 aliphatic heterocycles. The first kappa shape index (κ1) is 20.3. The fraction of sp³-hybridized carbons (Fsp3) is 0.120. The molecule has 0 atom stereocenters. The molecule has 0 aliphatic carbocycles. The molecule has 0 saturated carbocycles. The smallest absolute Gasteiger partial charge is 0.343 e. The van der Waals surface area contributed by atoms with E-state index in [-0.39, 0.29) is 18.0 Å². The number of aryl methyl sites for hydroxylation is 2. The van der Waals surface area contributed by atoms with E-state index in [1.807, 2.05) is 12.1 Å². The van der Waals surface area contributed by atoms with Crippen molar-refractivity contribution in [3.63, 3.8) is 0 Å². The lowest BCUT2D eigenvalue weighted by Crippen LogP contribution is -2.08. The van der Waals surface area contributed by atoms with Gasteiger partial charge in [0.05, 0.1) is 16.3 Å². The Morgan fingerprint density at radius 3 is 2.50 bits per heavy atom. The molecule has 160 valence electrons. The zero-order valence-corrected chi connectivity index (χ0v) is 18.8. The van der Waals surface area contributed by atoms with Crippen LogP contribution in [0.1, 0.15) is 21.9 Å². The van der Waals surface area contributed by atoms with Crippen LogP contribution in [0.2, 0.25) is 0 Å². The molecule has 1 aliphatic rings. The number of hydrogen-bond acceptors (Lipinski definition) is 6. The van der Waals surface area contributed by atoms with E-state index in [4.69, 9.17) is 18.6 Å². The standard InChI is InChI=1S/C25H17BrO6/c1-13-23-19(27)9-17(15-6-7-20-21(10-15)30-12-29-20)11-22(24(23)14(2)31-13)32-25(28)16-4-3-5-18(26)8-16/h3-11H,12H2,1-2H3. The van der Waals surface area contributed by atoms with Gasteiger partial charge in [-0.05, 0) is 67.4 Å². The lowest BCUT2D eigenvalue weighted by molar-refractivity contribution is 0.0737. The number of benzene rings is 2. The Balaban J connectivity index is 1.70. The highest BCUT2D eigenvalue weighted by atomic mass is 79.9. The minimum absolute atomic E-state index is 0.150. The van der Waals surface area contributed by atoms with Crippen LogP contribution in [0.4, 0.5) is 0 Å². The third-order valence-corrected chi connectivity index (χ3v) is 5.79. The highest BCUT2D eigenvalue weighted by molar-refractivity contribution is 9.10. The van der Waals surface area contributed by atoms with E-state index in [0.29, 0.717) is 44.9 Å². The largest absolute Gasteiger partial charge is 0.465 e. The number of halogens is 1. The second-order valence-corrected chi connectivity index (χ2v) is 8.32. The van der Waals surface area contributed by atoms with Gasteiger partial charge in [-0.3, -0.25) is 4.79 Å². The average Bonchev–Trinajstić information content (AvgIpc) is 3.31. The summed E-state index contributed by atoms with van der Waals surface area (Å²) < 4.78 is 23.1. The number of fused-ring (bicyclic) bond motifs is 2. The van der Waals surface area contributed by atoms with Crippen molar-refractivity contribution in [2.45, 2.75) is 13.8 Å². The predicted molar refractivity (Wildman–Crippen MR) is 123 cm³/mol. The maximum absolute atomic E-state index is 13.1. The summed E-state index contributed by atoms with van der Waals surface area (Å²) in [7, 11) is 0. The van der Waals surface area contributed by atoms with Gasteiger partial charge in [-0.15, -0.1) is 0 Å². The molecule has 0 N–H and O–H groups in total. The molecule has 5 rings (SSSR count). The van der Waals surface area contributed by atoms with E-state index in [0.717, 1.165) is 10.0 Å². The minimum atomic E-state index is -0.541. The normalized spacial score (nSPS) is 12.2. The summed E-state index contributed by atoms with van der Waals surface area (Å²) in [5, 5.41) is 0.856. The first-order chi connectivity index (χ1) is 15.4. The van der Waals surface area contributed by atoms with E-state index < -0.39 is 5.97 Å². The second kappa shape index (κ2) is 7.84. The lowest BCUT2D eigenvalue weighted by Gasteiger charge is -2.06. The molecule has 7 heteroatoms. The van der Waals surface area contributed by atoms with Gasteiger partial charge >= 0.3 is 5.97 Å². The number of hydrogen-bond donors (Lipinski definition) is 0. The molecule has 0 fully saturated rings. The van der Waals surface area contributed by atoms with Crippen LogP contribution in [-0.4, -0.2) is 12.8 Å². The molecule has 6 nitrogen and oxygen atoms in total. The monoisotopic (exact) mass is 492 g/mol. The van der Waals surface area contributed by atoms with Crippen LogP contribution in [-0.2, 0) is 0 Å². The molecule has 0 radical (unpaired) electrons. The number of esters is 1. The Morgan fingerprint density at radius 1 is 0.906 bits per heavy atom. The first-order valence-corrected chi connectivity index (χ1v) is 10.7. The predicted octanol–water partition coefficient (Wildman–Crippen LogP) is 5.79. The van der Waals surface area contributed by atoms with Crippen molar-refractivity contribution in [2.75, 3.05) is 6.79 Å². The third kappa shape index (κ3) is 3.54. The molecule has 0 unspecified atom stereocenters. The lowest BCUT2D eigenvalue weighted by atomic mass is 10.1. The number of carbonyl (C=O) groups excluding carboxylic acids is 1. The highest BCUT2D eigenvalue weighted by Gasteiger charge is 2.20. The molecule has 3 aromatic carbocycles. The van der Waals surface area contributed by atoms with Gasteiger partial charge in [0.2, 0.25) is 6.79 Å². The van der Waals surface area contributed by atoms with Crippen molar-refractivity contribution >= 4 is 32.7 Å². The van der Waals surface area contributed by atoms with E-state index >= 15 is 0 Å². The zero-order valence-electron chi connectivity index (χ0n) is 17.2. The Morgan fingerprint density at radius 2 is 1.69 bits per heavy atom. The van der Waals surface area contributed by atoms with Crippen molar-refractivity contribution in [1.29, 1.82) is 0 Å². The minimum Gasteiger partial charge on any atom is -0.465 e. The van der Waals surface area contributed by atoms with Crippen molar-refractivity contribution in [1.82, 2.24) is 0 Å². The van der Waals surface area contributed by atoms with Crippen LogP contribution < -0.4 is 19.6 Å². The van der Waals surface area contributed by atoms with Gasteiger partial charge in [-0.2, -0.15) is 0 Å². The van der Waals surface area contributed by atoms with Crippen LogP contribution in [0.25, 0.3) is 21.9 Å². The van der Waals surface area contributed by atoms with Crippen LogP contribution in [0.3, 0.4) is 0 Å². The van der Waals surface area contributed by atoms with Crippen molar-refractivity contribution in [3.8, 4) is 28.4 Å². The third-order valence-electron chi connectivity index (χ3n) is 5.30. The van der Waals surface area contributed by atoms with E-state index in [1.54, 1.807) is 50.2 Å². The van der Waals surface area contributed by atoms with Crippen LogP contribution >= 0.6 is 15.9 Å². The molecular weight excluding hydrogens is 476 g/mol. The van der Waals surface area contributed by atoms with Crippen molar-refractivity contribution in [3.05, 3.63) is 86.4 Å². The maximum atomic E-state index is 13.1. The van der Waals surface area contributed by atoms with Gasteiger partial charge in [0.15, 0.2) is 16.9 Å².